The van der Waals surface area contributed by atoms with E-state index in [9.17, 15) is 9.59 Å². The highest BCUT2D eigenvalue weighted by Gasteiger charge is 2.29. The smallest absolute Gasteiger partial charge is 0.256 e. The molecule has 0 fully saturated rings. The summed E-state index contributed by atoms with van der Waals surface area (Å²) < 4.78 is 5.75. The first kappa shape index (κ1) is 19.7. The lowest BCUT2D eigenvalue weighted by Gasteiger charge is -2.17. The zero-order chi connectivity index (χ0) is 21.1. The Bertz CT molecular complexity index is 1040. The maximum absolute atomic E-state index is 12.7. The zero-order valence-corrected chi connectivity index (χ0v) is 17.0. The SMILES string of the molecule is CC(C)CC(=O)N1Cc2[nH]nc(NC(=O)c3ccc(Oc4ccccc4)cc3)c2C1. The van der Waals surface area contributed by atoms with Gasteiger partial charge in [0.1, 0.15) is 11.5 Å². The molecule has 0 radical (unpaired) electrons. The third-order valence-corrected chi connectivity index (χ3v) is 4.91. The van der Waals surface area contributed by atoms with Crippen LogP contribution in [0.25, 0.3) is 0 Å². The first-order valence-electron chi connectivity index (χ1n) is 9.98. The summed E-state index contributed by atoms with van der Waals surface area (Å²) in [6.07, 6.45) is 0.511. The molecule has 2 heterocycles. The normalized spacial score (nSPS) is 12.7. The highest BCUT2D eigenvalue weighted by atomic mass is 16.5. The third kappa shape index (κ3) is 4.35. The number of aromatic amines is 1. The molecular weight excluding hydrogens is 380 g/mol. The number of aromatic nitrogens is 2. The van der Waals surface area contributed by atoms with E-state index >= 15 is 0 Å². The van der Waals surface area contributed by atoms with Gasteiger partial charge in [-0.15, -0.1) is 0 Å². The lowest BCUT2D eigenvalue weighted by atomic mass is 10.1. The number of carbonyl (C=O) groups excluding carboxylic acids is 2. The van der Waals surface area contributed by atoms with Crippen molar-refractivity contribution >= 4 is 17.6 Å². The Morgan fingerprint density at radius 3 is 2.47 bits per heavy atom. The van der Waals surface area contributed by atoms with Gasteiger partial charge >= 0.3 is 0 Å². The molecule has 1 aliphatic heterocycles. The van der Waals surface area contributed by atoms with Crippen LogP contribution in [0.15, 0.2) is 54.6 Å². The molecule has 0 saturated carbocycles. The van der Waals surface area contributed by atoms with E-state index in [2.05, 4.69) is 15.5 Å². The van der Waals surface area contributed by atoms with Crippen LogP contribution in [0.4, 0.5) is 5.82 Å². The summed E-state index contributed by atoms with van der Waals surface area (Å²) in [4.78, 5) is 26.8. The van der Waals surface area contributed by atoms with Gasteiger partial charge < -0.3 is 15.0 Å². The minimum atomic E-state index is -0.262. The highest BCUT2D eigenvalue weighted by Crippen LogP contribution is 2.28. The van der Waals surface area contributed by atoms with E-state index in [0.29, 0.717) is 42.6 Å². The van der Waals surface area contributed by atoms with E-state index in [4.69, 9.17) is 4.74 Å². The van der Waals surface area contributed by atoms with Crippen molar-refractivity contribution in [2.24, 2.45) is 5.92 Å². The highest BCUT2D eigenvalue weighted by molar-refractivity contribution is 6.04. The van der Waals surface area contributed by atoms with E-state index < -0.39 is 0 Å². The van der Waals surface area contributed by atoms with Gasteiger partial charge in [0, 0.05) is 17.5 Å². The van der Waals surface area contributed by atoms with Crippen molar-refractivity contribution in [2.75, 3.05) is 5.32 Å². The van der Waals surface area contributed by atoms with Gasteiger partial charge in [-0.05, 0) is 42.3 Å². The molecule has 2 amide bonds. The molecule has 0 unspecified atom stereocenters. The van der Waals surface area contributed by atoms with Gasteiger partial charge in [0.15, 0.2) is 5.82 Å². The lowest BCUT2D eigenvalue weighted by Crippen LogP contribution is -2.27. The van der Waals surface area contributed by atoms with Crippen molar-refractivity contribution in [3.63, 3.8) is 0 Å². The molecule has 4 rings (SSSR count). The molecule has 2 N–H and O–H groups in total. The molecule has 7 nitrogen and oxygen atoms in total. The minimum Gasteiger partial charge on any atom is -0.457 e. The fraction of sp³-hybridized carbons (Fsp3) is 0.261. The van der Waals surface area contributed by atoms with Gasteiger partial charge in [-0.1, -0.05) is 32.0 Å². The molecule has 1 aromatic heterocycles. The number of fused-ring (bicyclic) bond motifs is 1. The minimum absolute atomic E-state index is 0.112. The van der Waals surface area contributed by atoms with Crippen molar-refractivity contribution in [1.29, 1.82) is 0 Å². The van der Waals surface area contributed by atoms with Crippen LogP contribution in [-0.4, -0.2) is 26.9 Å². The van der Waals surface area contributed by atoms with Crippen LogP contribution >= 0.6 is 0 Å². The number of rotatable bonds is 6. The number of nitrogens with zero attached hydrogens (tertiary/aromatic N) is 2. The van der Waals surface area contributed by atoms with Gasteiger partial charge in [-0.2, -0.15) is 5.10 Å². The monoisotopic (exact) mass is 404 g/mol. The van der Waals surface area contributed by atoms with Gasteiger partial charge in [0.05, 0.1) is 18.8 Å². The molecule has 2 aromatic carbocycles. The molecular formula is C23H24N4O3. The summed E-state index contributed by atoms with van der Waals surface area (Å²) in [5.41, 5.74) is 2.23. The summed E-state index contributed by atoms with van der Waals surface area (Å²) in [6.45, 7) is 5.00. The molecule has 154 valence electrons. The van der Waals surface area contributed by atoms with E-state index in [1.165, 1.54) is 0 Å². The second-order valence-electron chi connectivity index (χ2n) is 7.77. The average molecular weight is 404 g/mol. The number of amides is 2. The molecule has 3 aromatic rings. The van der Waals surface area contributed by atoms with E-state index in [1.807, 2.05) is 44.2 Å². The first-order valence-corrected chi connectivity index (χ1v) is 9.98. The first-order chi connectivity index (χ1) is 14.5. The van der Waals surface area contributed by atoms with Gasteiger partial charge in [0.2, 0.25) is 5.91 Å². The molecule has 0 atom stereocenters. The van der Waals surface area contributed by atoms with Crippen LogP contribution in [0, 0.1) is 5.92 Å². The molecule has 0 aliphatic carbocycles. The standard InChI is InChI=1S/C23H24N4O3/c1-15(2)12-21(28)27-13-19-20(14-27)25-26-22(19)24-23(29)16-8-10-18(11-9-16)30-17-6-4-3-5-7-17/h3-11,15H,12-14H2,1-2H3,(H2,24,25,26,29). The Morgan fingerprint density at radius 2 is 1.77 bits per heavy atom. The maximum atomic E-state index is 12.7. The lowest BCUT2D eigenvalue weighted by molar-refractivity contribution is -0.132. The number of carbonyl (C=O) groups is 2. The van der Waals surface area contributed by atoms with Crippen LogP contribution in [0.5, 0.6) is 11.5 Å². The molecule has 30 heavy (non-hydrogen) atoms. The summed E-state index contributed by atoms with van der Waals surface area (Å²) in [6, 6.07) is 16.4. The van der Waals surface area contributed by atoms with Crippen LogP contribution < -0.4 is 10.1 Å². The Balaban J connectivity index is 1.39. The van der Waals surface area contributed by atoms with E-state index in [-0.39, 0.29) is 11.8 Å². The number of benzene rings is 2. The zero-order valence-electron chi connectivity index (χ0n) is 17.0. The second-order valence-corrected chi connectivity index (χ2v) is 7.77. The molecule has 7 heteroatoms. The Hall–Kier alpha value is -3.61. The van der Waals surface area contributed by atoms with Crippen LogP contribution in [0.2, 0.25) is 0 Å². The number of para-hydroxylation sites is 1. The fourth-order valence-electron chi connectivity index (χ4n) is 3.38. The summed E-state index contributed by atoms with van der Waals surface area (Å²) in [7, 11) is 0. The third-order valence-electron chi connectivity index (χ3n) is 4.91. The summed E-state index contributed by atoms with van der Waals surface area (Å²) in [5, 5.41) is 10.00. The quantitative estimate of drug-likeness (QED) is 0.640. The summed E-state index contributed by atoms with van der Waals surface area (Å²) in [5.74, 6) is 2.02. The van der Waals surface area contributed by atoms with E-state index in [1.54, 1.807) is 29.2 Å². The van der Waals surface area contributed by atoms with Crippen molar-refractivity contribution in [2.45, 2.75) is 33.4 Å². The summed E-state index contributed by atoms with van der Waals surface area (Å²) >= 11 is 0. The van der Waals surface area contributed by atoms with Gasteiger partial charge in [-0.25, -0.2) is 0 Å². The van der Waals surface area contributed by atoms with Crippen molar-refractivity contribution in [3.05, 3.63) is 71.4 Å². The van der Waals surface area contributed by atoms with Gasteiger partial charge in [-0.3, -0.25) is 14.7 Å². The number of anilines is 1. The maximum Gasteiger partial charge on any atom is 0.256 e. The van der Waals surface area contributed by atoms with Crippen molar-refractivity contribution < 1.29 is 14.3 Å². The second kappa shape index (κ2) is 8.41. The van der Waals surface area contributed by atoms with Crippen LogP contribution in [0.1, 0.15) is 41.9 Å². The number of hydrogen-bond acceptors (Lipinski definition) is 4. The van der Waals surface area contributed by atoms with Crippen molar-refractivity contribution in [3.8, 4) is 11.5 Å². The molecule has 0 spiro atoms. The van der Waals surface area contributed by atoms with Crippen LogP contribution in [-0.2, 0) is 17.9 Å². The van der Waals surface area contributed by atoms with Crippen molar-refractivity contribution in [1.82, 2.24) is 15.1 Å². The molecule has 1 aliphatic rings. The Kier molecular flexibility index (Phi) is 5.52. The predicted molar refractivity (Wildman–Crippen MR) is 113 cm³/mol. The topological polar surface area (TPSA) is 87.3 Å². The number of hydrogen-bond donors (Lipinski definition) is 2. The van der Waals surface area contributed by atoms with E-state index in [0.717, 1.165) is 17.0 Å². The Labute approximate surface area is 175 Å². The number of H-pyrrole nitrogens is 1. The number of ether oxygens (including phenoxy) is 1. The fourth-order valence-corrected chi connectivity index (χ4v) is 3.38. The van der Waals surface area contributed by atoms with Crippen LogP contribution in [0.3, 0.4) is 0 Å². The predicted octanol–water partition coefficient (Wildman–Crippen LogP) is 4.34. The Morgan fingerprint density at radius 1 is 1.07 bits per heavy atom. The molecule has 0 saturated heterocycles. The largest absolute Gasteiger partial charge is 0.457 e. The number of nitrogens with one attached hydrogen (secondary N) is 2. The van der Waals surface area contributed by atoms with Gasteiger partial charge in [0.25, 0.3) is 5.91 Å². The molecule has 0 bridgehead atoms. The average Bonchev–Trinajstić information content (AvgIpc) is 3.31.